The maximum Gasteiger partial charge on any atom is 0.172 e. The number of fused-ring (bicyclic) bond motifs is 1. The summed E-state index contributed by atoms with van der Waals surface area (Å²) in [5.74, 6) is 5.90. The lowest BCUT2D eigenvalue weighted by Crippen LogP contribution is -2.31. The second-order valence-corrected chi connectivity index (χ2v) is 13.7. The van der Waals surface area contributed by atoms with Crippen LogP contribution in [0.2, 0.25) is 0 Å². The number of nitrogens with two attached hydrogens (primary N) is 1. The Labute approximate surface area is 289 Å². The van der Waals surface area contributed by atoms with Crippen LogP contribution in [0.15, 0.2) is 90.3 Å². The van der Waals surface area contributed by atoms with Crippen molar-refractivity contribution in [2.75, 3.05) is 31.5 Å². The number of methoxy groups -OCH3 is 2. The first kappa shape index (κ1) is 33.7. The number of hydrogen-bond acceptors (Lipinski definition) is 10. The Morgan fingerprint density at radius 3 is 2.23 bits per heavy atom. The lowest BCUT2D eigenvalue weighted by molar-refractivity contribution is -0.00746. The minimum Gasteiger partial charge on any atom is -0.497 e. The lowest BCUT2D eigenvalue weighted by atomic mass is 9.84. The van der Waals surface area contributed by atoms with Gasteiger partial charge in [-0.2, -0.15) is 0 Å². The van der Waals surface area contributed by atoms with Gasteiger partial charge in [0.1, 0.15) is 24.1 Å². The Morgan fingerprint density at radius 2 is 1.60 bits per heavy atom. The van der Waals surface area contributed by atoms with Gasteiger partial charge in [0, 0.05) is 24.3 Å². The average Bonchev–Trinajstić information content (AvgIpc) is 3.69. The fraction of sp³-hybridized carbons (Fsp3) is 0.324. The number of aliphatic hydroxyl groups excluding tert-OH is 1. The van der Waals surface area contributed by atoms with E-state index in [9.17, 15) is 5.11 Å². The molecule has 6 rings (SSSR count). The second-order valence-electron chi connectivity index (χ2n) is 11.5. The fourth-order valence-electron chi connectivity index (χ4n) is 6.06. The van der Waals surface area contributed by atoms with Crippen LogP contribution >= 0.6 is 23.5 Å². The maximum atomic E-state index is 11.5. The normalized spacial score (nSPS) is 17.8. The summed E-state index contributed by atoms with van der Waals surface area (Å²) in [5.41, 5.74) is 10.6. The van der Waals surface area contributed by atoms with E-state index in [1.807, 2.05) is 34.9 Å². The molecule has 0 saturated carbocycles. The molecule has 3 heterocycles. The van der Waals surface area contributed by atoms with Crippen LogP contribution in [-0.4, -0.2) is 62.6 Å². The molecule has 1 aliphatic rings. The van der Waals surface area contributed by atoms with E-state index in [0.29, 0.717) is 29.2 Å². The molecule has 11 heteroatoms. The van der Waals surface area contributed by atoms with Crippen LogP contribution in [-0.2, 0) is 9.48 Å². The number of hydrogen-bond donors (Lipinski definition) is 2. The molecule has 1 fully saturated rings. The summed E-state index contributed by atoms with van der Waals surface area (Å²) in [7, 11) is 3.33. The van der Waals surface area contributed by atoms with E-state index < -0.39 is 23.2 Å². The minimum absolute atomic E-state index is 0.310. The van der Waals surface area contributed by atoms with Crippen LogP contribution in [0, 0.1) is 12.3 Å². The monoisotopic (exact) mass is 681 g/mol. The van der Waals surface area contributed by atoms with Crippen LogP contribution < -0.4 is 15.2 Å². The number of thioether (sulfide) groups is 2. The van der Waals surface area contributed by atoms with Crippen molar-refractivity contribution in [3.8, 4) is 23.8 Å². The van der Waals surface area contributed by atoms with E-state index in [4.69, 9.17) is 31.4 Å². The highest BCUT2D eigenvalue weighted by atomic mass is 32.2. The third kappa shape index (κ3) is 6.84. The molecule has 0 amide bonds. The third-order valence-electron chi connectivity index (χ3n) is 8.55. The summed E-state index contributed by atoms with van der Waals surface area (Å²) in [6, 6.07) is 26.8. The molecule has 0 bridgehead atoms. The Kier molecular flexibility index (Phi) is 10.8. The van der Waals surface area contributed by atoms with Gasteiger partial charge in [0.05, 0.1) is 31.2 Å². The quantitative estimate of drug-likeness (QED) is 0.0568. The molecule has 48 heavy (non-hydrogen) atoms. The van der Waals surface area contributed by atoms with Gasteiger partial charge in [-0.05, 0) is 53.8 Å². The Balaban J connectivity index is 1.33. The van der Waals surface area contributed by atoms with Gasteiger partial charge in [-0.25, -0.2) is 15.0 Å². The minimum atomic E-state index is -0.715. The summed E-state index contributed by atoms with van der Waals surface area (Å²) < 4.78 is 19.0. The summed E-state index contributed by atoms with van der Waals surface area (Å²) in [5, 5.41) is 12.2. The van der Waals surface area contributed by atoms with Crippen LogP contribution in [0.25, 0.3) is 11.2 Å². The molecule has 248 valence electrons. The van der Waals surface area contributed by atoms with E-state index in [-0.39, 0.29) is 0 Å². The number of aromatic nitrogens is 4. The molecule has 3 N–H and O–H groups in total. The van der Waals surface area contributed by atoms with Crippen molar-refractivity contribution < 1.29 is 19.3 Å². The average molecular weight is 682 g/mol. The number of terminal acetylenes is 1. The van der Waals surface area contributed by atoms with Gasteiger partial charge in [0.25, 0.3) is 0 Å². The van der Waals surface area contributed by atoms with Crippen molar-refractivity contribution in [2.24, 2.45) is 0 Å². The standard InChI is InChI=1S/C37H39N5O4S2/c1-4-5-6-10-21-47-36-41-33-34(38)39-24-40-35(33)42(36)32-22-30(43)31(46-32)23-48-37(25-11-8-7-9-12-25,26-13-17-28(44-2)18-14-26)27-15-19-29(45-3)20-16-27/h1,7-9,11-20,24,30-32,43H,5-6,10,21-23H2,2-3H3,(H2,38,39,40)/t30-,31?,32?/m1/s1. The van der Waals surface area contributed by atoms with E-state index >= 15 is 0 Å². The Hall–Kier alpha value is -4.21. The van der Waals surface area contributed by atoms with Crippen molar-refractivity contribution in [3.63, 3.8) is 0 Å². The van der Waals surface area contributed by atoms with Crippen molar-refractivity contribution in [2.45, 2.75) is 54.0 Å². The molecule has 0 aliphatic carbocycles. The molecule has 1 saturated heterocycles. The SMILES string of the molecule is C#CCCCCSc1nc2c(N)ncnc2n1C1C[C@@H](O)C(CSC(c2ccccc2)(c2ccc(OC)cc2)c2ccc(OC)cc2)O1. The maximum absolute atomic E-state index is 11.5. The zero-order valence-corrected chi connectivity index (χ0v) is 28.6. The molecular weight excluding hydrogens is 643 g/mol. The summed E-state index contributed by atoms with van der Waals surface area (Å²) in [6.07, 6.45) is 8.23. The third-order valence-corrected chi connectivity index (χ3v) is 11.2. The molecule has 1 aliphatic heterocycles. The zero-order chi connectivity index (χ0) is 33.5. The topological polar surface area (TPSA) is 118 Å². The van der Waals surface area contributed by atoms with Gasteiger partial charge >= 0.3 is 0 Å². The van der Waals surface area contributed by atoms with Gasteiger partial charge in [-0.15, -0.1) is 24.1 Å². The number of ether oxygens (including phenoxy) is 3. The number of benzene rings is 3. The van der Waals surface area contributed by atoms with E-state index in [1.54, 1.807) is 37.7 Å². The highest BCUT2D eigenvalue weighted by molar-refractivity contribution is 8.00. The molecular formula is C37H39N5O4S2. The summed E-state index contributed by atoms with van der Waals surface area (Å²) in [6.45, 7) is 0. The van der Waals surface area contributed by atoms with Crippen molar-refractivity contribution >= 4 is 40.5 Å². The van der Waals surface area contributed by atoms with Gasteiger partial charge in [0.15, 0.2) is 22.1 Å². The van der Waals surface area contributed by atoms with E-state index in [2.05, 4.69) is 64.4 Å². The number of imidazole rings is 1. The smallest absolute Gasteiger partial charge is 0.172 e. The predicted octanol–water partition coefficient (Wildman–Crippen LogP) is 6.70. The predicted molar refractivity (Wildman–Crippen MR) is 192 cm³/mol. The molecule has 5 aromatic rings. The highest BCUT2D eigenvalue weighted by Gasteiger charge is 2.42. The van der Waals surface area contributed by atoms with Crippen molar-refractivity contribution in [3.05, 3.63) is 102 Å². The zero-order valence-electron chi connectivity index (χ0n) is 27.0. The highest BCUT2D eigenvalue weighted by Crippen LogP contribution is 2.50. The number of anilines is 1. The number of nitrogen functional groups attached to an aromatic ring is 1. The van der Waals surface area contributed by atoms with Gasteiger partial charge < -0.3 is 25.1 Å². The van der Waals surface area contributed by atoms with Crippen LogP contribution in [0.5, 0.6) is 11.5 Å². The fourth-order valence-corrected chi connectivity index (χ4v) is 8.72. The first-order chi connectivity index (χ1) is 23.5. The molecule has 2 unspecified atom stereocenters. The van der Waals surface area contributed by atoms with Crippen LogP contribution in [0.3, 0.4) is 0 Å². The first-order valence-corrected chi connectivity index (χ1v) is 17.8. The molecule has 0 spiro atoms. The molecule has 2 aromatic heterocycles. The summed E-state index contributed by atoms with van der Waals surface area (Å²) in [4.78, 5) is 13.5. The van der Waals surface area contributed by atoms with Crippen molar-refractivity contribution in [1.29, 1.82) is 0 Å². The second kappa shape index (κ2) is 15.3. The van der Waals surface area contributed by atoms with Gasteiger partial charge in [-0.1, -0.05) is 66.4 Å². The van der Waals surface area contributed by atoms with Gasteiger partial charge in [0.2, 0.25) is 0 Å². The number of unbranched alkanes of at least 4 members (excludes halogenated alkanes) is 2. The number of rotatable bonds is 14. The molecule has 9 nitrogen and oxygen atoms in total. The number of aliphatic hydroxyl groups is 1. The Bertz CT molecular complexity index is 1800. The van der Waals surface area contributed by atoms with Gasteiger partial charge in [-0.3, -0.25) is 4.57 Å². The Morgan fingerprint density at radius 1 is 0.958 bits per heavy atom. The first-order valence-electron chi connectivity index (χ1n) is 15.8. The molecule has 3 aromatic carbocycles. The van der Waals surface area contributed by atoms with Crippen molar-refractivity contribution in [1.82, 2.24) is 19.5 Å². The molecule has 3 atom stereocenters. The van der Waals surface area contributed by atoms with E-state index in [1.165, 1.54) is 6.33 Å². The van der Waals surface area contributed by atoms with E-state index in [0.717, 1.165) is 58.4 Å². The lowest BCUT2D eigenvalue weighted by Gasteiger charge is -2.36. The largest absolute Gasteiger partial charge is 0.497 e. The van der Waals surface area contributed by atoms with Crippen LogP contribution in [0.4, 0.5) is 5.82 Å². The molecule has 0 radical (unpaired) electrons. The summed E-state index contributed by atoms with van der Waals surface area (Å²) >= 11 is 3.34. The number of nitrogens with zero attached hydrogens (tertiary/aromatic N) is 4. The van der Waals surface area contributed by atoms with Crippen LogP contribution in [0.1, 0.15) is 48.6 Å².